The molecule has 0 spiro atoms. The largest absolute Gasteiger partial charge is 0.497 e. The highest BCUT2D eigenvalue weighted by Crippen LogP contribution is 2.40. The van der Waals surface area contributed by atoms with E-state index in [0.717, 1.165) is 18.4 Å². The Labute approximate surface area is 184 Å². The summed E-state index contributed by atoms with van der Waals surface area (Å²) in [4.78, 5) is 20.3. The summed E-state index contributed by atoms with van der Waals surface area (Å²) in [7, 11) is 3.24. The Morgan fingerprint density at radius 3 is 2.81 bits per heavy atom. The Morgan fingerprint density at radius 2 is 2.06 bits per heavy atom. The van der Waals surface area contributed by atoms with E-state index in [1.54, 1.807) is 38.7 Å². The maximum Gasteiger partial charge on any atom is 0.259 e. The molecule has 1 aromatic carbocycles. The zero-order valence-electron chi connectivity index (χ0n) is 18.1. The van der Waals surface area contributed by atoms with Crippen LogP contribution in [0.15, 0.2) is 51.6 Å². The summed E-state index contributed by atoms with van der Waals surface area (Å²) in [6, 6.07) is 10.9. The number of fused-ring (bicyclic) bond motifs is 1. The molecule has 32 heavy (non-hydrogen) atoms. The van der Waals surface area contributed by atoms with Crippen molar-refractivity contribution < 1.29 is 23.2 Å². The van der Waals surface area contributed by atoms with Gasteiger partial charge in [-0.15, -0.1) is 0 Å². The van der Waals surface area contributed by atoms with Crippen LogP contribution < -0.4 is 9.47 Å². The summed E-state index contributed by atoms with van der Waals surface area (Å²) in [6.07, 6.45) is 3.31. The maximum atomic E-state index is 13.9. The molecule has 1 atom stereocenters. The highest BCUT2D eigenvalue weighted by molar-refractivity contribution is 6.07. The number of carbonyl (C=O) groups excluding carboxylic acids is 1. The van der Waals surface area contributed by atoms with Crippen LogP contribution in [-0.2, 0) is 0 Å². The number of aryl methyl sites for hydroxylation is 1. The van der Waals surface area contributed by atoms with Crippen molar-refractivity contribution >= 4 is 17.0 Å². The molecular formula is C24H23N3O5. The second kappa shape index (κ2) is 8.03. The van der Waals surface area contributed by atoms with Gasteiger partial charge in [-0.3, -0.25) is 4.79 Å². The van der Waals surface area contributed by atoms with Crippen LogP contribution in [0, 0.1) is 6.92 Å². The number of amides is 1. The van der Waals surface area contributed by atoms with Crippen molar-refractivity contribution in [2.75, 3.05) is 20.8 Å². The van der Waals surface area contributed by atoms with Crippen molar-refractivity contribution in [1.29, 1.82) is 0 Å². The van der Waals surface area contributed by atoms with Gasteiger partial charge in [-0.2, -0.15) is 0 Å². The molecule has 0 unspecified atom stereocenters. The van der Waals surface area contributed by atoms with Crippen molar-refractivity contribution in [3.8, 4) is 23.0 Å². The van der Waals surface area contributed by atoms with Gasteiger partial charge in [0, 0.05) is 18.2 Å². The average Bonchev–Trinajstić information content (AvgIpc) is 3.59. The summed E-state index contributed by atoms with van der Waals surface area (Å²) >= 11 is 0. The number of aromatic nitrogens is 2. The number of likely N-dealkylation sites (tertiary alicyclic amines) is 1. The molecule has 164 valence electrons. The van der Waals surface area contributed by atoms with Crippen LogP contribution in [-0.4, -0.2) is 41.7 Å². The first-order valence-corrected chi connectivity index (χ1v) is 10.4. The third-order valence-corrected chi connectivity index (χ3v) is 5.93. The number of methoxy groups -OCH3 is 2. The van der Waals surface area contributed by atoms with E-state index in [9.17, 15) is 4.79 Å². The SMILES string of the molecule is COc1ccc([C@@H]2CCCN2C(=O)c2cc(-c3ccco3)nc3onc(C)c23)c(OC)c1. The van der Waals surface area contributed by atoms with Crippen LogP contribution in [0.2, 0.25) is 0 Å². The summed E-state index contributed by atoms with van der Waals surface area (Å²) < 4.78 is 21.8. The Kier molecular flexibility index (Phi) is 5.05. The number of ether oxygens (including phenoxy) is 2. The highest BCUT2D eigenvalue weighted by atomic mass is 16.5. The molecule has 3 aromatic heterocycles. The lowest BCUT2D eigenvalue weighted by Gasteiger charge is -2.27. The number of hydrogen-bond donors (Lipinski definition) is 0. The maximum absolute atomic E-state index is 13.9. The van der Waals surface area contributed by atoms with Crippen LogP contribution >= 0.6 is 0 Å². The van der Waals surface area contributed by atoms with Crippen LogP contribution in [0.1, 0.15) is 40.5 Å². The Balaban J connectivity index is 1.59. The lowest BCUT2D eigenvalue weighted by atomic mass is 10.0. The molecule has 4 heterocycles. The van der Waals surface area contributed by atoms with Crippen LogP contribution in [0.3, 0.4) is 0 Å². The lowest BCUT2D eigenvalue weighted by Crippen LogP contribution is -2.31. The second-order valence-corrected chi connectivity index (χ2v) is 7.74. The second-order valence-electron chi connectivity index (χ2n) is 7.74. The predicted octanol–water partition coefficient (Wildman–Crippen LogP) is 4.79. The van der Waals surface area contributed by atoms with Crippen molar-refractivity contribution in [2.24, 2.45) is 0 Å². The molecule has 4 aromatic rings. The van der Waals surface area contributed by atoms with Crippen LogP contribution in [0.5, 0.6) is 11.5 Å². The fraction of sp³-hybridized carbons (Fsp3) is 0.292. The molecule has 0 N–H and O–H groups in total. The first-order chi connectivity index (χ1) is 15.6. The van der Waals surface area contributed by atoms with E-state index in [2.05, 4.69) is 10.1 Å². The summed E-state index contributed by atoms with van der Waals surface area (Å²) in [6.45, 7) is 2.45. The van der Waals surface area contributed by atoms with Gasteiger partial charge < -0.3 is 23.3 Å². The highest BCUT2D eigenvalue weighted by Gasteiger charge is 2.34. The van der Waals surface area contributed by atoms with Gasteiger partial charge in [-0.05, 0) is 50.1 Å². The summed E-state index contributed by atoms with van der Waals surface area (Å²) in [5.74, 6) is 1.87. The number of nitrogens with zero attached hydrogens (tertiary/aromatic N) is 3. The minimum Gasteiger partial charge on any atom is -0.497 e. The van der Waals surface area contributed by atoms with E-state index < -0.39 is 0 Å². The standard InChI is InChI=1S/C24H23N3O5/c1-14-22-17(13-18(20-7-5-11-31-20)25-23(22)32-26-14)24(28)27-10-4-6-19(27)16-9-8-15(29-2)12-21(16)30-3/h5,7-9,11-13,19H,4,6,10H2,1-3H3/t19-/m0/s1. The smallest absolute Gasteiger partial charge is 0.259 e. The molecule has 1 aliphatic heterocycles. The predicted molar refractivity (Wildman–Crippen MR) is 117 cm³/mol. The normalized spacial score (nSPS) is 16.0. The van der Waals surface area contributed by atoms with E-state index in [4.69, 9.17) is 18.4 Å². The van der Waals surface area contributed by atoms with E-state index in [-0.39, 0.29) is 11.9 Å². The number of rotatable bonds is 5. The van der Waals surface area contributed by atoms with Crippen molar-refractivity contribution in [2.45, 2.75) is 25.8 Å². The molecule has 0 radical (unpaired) electrons. The Bertz CT molecular complexity index is 1280. The number of benzene rings is 1. The Morgan fingerprint density at radius 1 is 1.19 bits per heavy atom. The molecule has 0 bridgehead atoms. The number of pyridine rings is 1. The summed E-state index contributed by atoms with van der Waals surface area (Å²) in [5.41, 5.74) is 2.93. The summed E-state index contributed by atoms with van der Waals surface area (Å²) in [5, 5.41) is 4.66. The zero-order chi connectivity index (χ0) is 22.2. The van der Waals surface area contributed by atoms with Gasteiger partial charge in [0.1, 0.15) is 17.2 Å². The van der Waals surface area contributed by atoms with Gasteiger partial charge in [0.25, 0.3) is 11.6 Å². The third-order valence-electron chi connectivity index (χ3n) is 5.93. The lowest BCUT2D eigenvalue weighted by molar-refractivity contribution is 0.0736. The van der Waals surface area contributed by atoms with Crippen molar-refractivity contribution in [1.82, 2.24) is 15.0 Å². The molecule has 0 aliphatic carbocycles. The molecule has 5 rings (SSSR count). The topological polar surface area (TPSA) is 90.8 Å². The Hall–Kier alpha value is -3.81. The van der Waals surface area contributed by atoms with Gasteiger partial charge >= 0.3 is 0 Å². The quantitative estimate of drug-likeness (QED) is 0.447. The fourth-order valence-electron chi connectivity index (χ4n) is 4.40. The van der Waals surface area contributed by atoms with Crippen LogP contribution in [0.25, 0.3) is 22.6 Å². The monoisotopic (exact) mass is 433 g/mol. The third kappa shape index (κ3) is 3.28. The van der Waals surface area contributed by atoms with E-state index >= 15 is 0 Å². The van der Waals surface area contributed by atoms with Gasteiger partial charge in [0.05, 0.1) is 43.2 Å². The number of furan rings is 1. The molecule has 1 aliphatic rings. The zero-order valence-corrected chi connectivity index (χ0v) is 18.1. The molecule has 8 nitrogen and oxygen atoms in total. The molecule has 8 heteroatoms. The first kappa shape index (κ1) is 20.1. The van der Waals surface area contributed by atoms with E-state index in [0.29, 0.717) is 51.9 Å². The van der Waals surface area contributed by atoms with Gasteiger partial charge in [-0.1, -0.05) is 5.16 Å². The van der Waals surface area contributed by atoms with Gasteiger partial charge in [0.15, 0.2) is 5.76 Å². The van der Waals surface area contributed by atoms with E-state index in [1.807, 2.05) is 30.0 Å². The van der Waals surface area contributed by atoms with Gasteiger partial charge in [0.2, 0.25) is 0 Å². The number of carbonyl (C=O) groups is 1. The number of hydrogen-bond acceptors (Lipinski definition) is 7. The average molecular weight is 433 g/mol. The molecule has 1 amide bonds. The minimum atomic E-state index is -0.112. The van der Waals surface area contributed by atoms with Crippen LogP contribution in [0.4, 0.5) is 0 Å². The molecule has 1 saturated heterocycles. The minimum absolute atomic E-state index is 0.100. The van der Waals surface area contributed by atoms with Crippen molar-refractivity contribution in [3.05, 3.63) is 59.5 Å². The van der Waals surface area contributed by atoms with E-state index in [1.165, 1.54) is 0 Å². The fourth-order valence-corrected chi connectivity index (χ4v) is 4.40. The van der Waals surface area contributed by atoms with Crippen molar-refractivity contribution in [3.63, 3.8) is 0 Å². The van der Waals surface area contributed by atoms with Gasteiger partial charge in [-0.25, -0.2) is 4.98 Å². The molecular weight excluding hydrogens is 410 g/mol. The first-order valence-electron chi connectivity index (χ1n) is 10.4. The molecule has 0 saturated carbocycles. The molecule has 1 fully saturated rings.